The van der Waals surface area contributed by atoms with Crippen LogP contribution >= 0.6 is 43.2 Å². The second-order valence-electron chi connectivity index (χ2n) is 8.06. The number of esters is 1. The van der Waals surface area contributed by atoms with Gasteiger partial charge in [-0.3, -0.25) is 19.5 Å². The van der Waals surface area contributed by atoms with Crippen LogP contribution in [0, 0.1) is 17.0 Å². The molecule has 0 radical (unpaired) electrons. The van der Waals surface area contributed by atoms with Gasteiger partial charge in [-0.15, -0.1) is 0 Å². The van der Waals surface area contributed by atoms with Crippen LogP contribution in [0.4, 0.5) is 5.69 Å². The van der Waals surface area contributed by atoms with Crippen LogP contribution in [0.5, 0.6) is 11.5 Å². The lowest BCUT2D eigenvalue weighted by Crippen LogP contribution is -2.40. The zero-order valence-electron chi connectivity index (χ0n) is 19.6. The fraction of sp³-hybridized carbons (Fsp3) is 0.208. The molecule has 1 aliphatic heterocycles. The van der Waals surface area contributed by atoms with E-state index in [-0.39, 0.29) is 48.7 Å². The number of allylic oxidation sites excluding steroid dienone is 1. The molecule has 0 amide bonds. The average molecular weight is 653 g/mol. The highest BCUT2D eigenvalue weighted by atomic mass is 79.9. The third kappa shape index (κ3) is 4.74. The number of halogens is 2. The molecule has 1 atom stereocenters. The Morgan fingerprint density at radius 3 is 2.62 bits per heavy atom. The van der Waals surface area contributed by atoms with E-state index >= 15 is 0 Å². The molecule has 37 heavy (non-hydrogen) atoms. The predicted molar refractivity (Wildman–Crippen MR) is 143 cm³/mol. The van der Waals surface area contributed by atoms with Crippen molar-refractivity contribution < 1.29 is 24.7 Å². The molecule has 0 saturated heterocycles. The third-order valence-electron chi connectivity index (χ3n) is 5.75. The number of fused-ring (bicyclic) bond motifs is 1. The average Bonchev–Trinajstić information content (AvgIpc) is 3.14. The van der Waals surface area contributed by atoms with Crippen LogP contribution in [0.1, 0.15) is 36.6 Å². The number of ether oxygens (including phenoxy) is 1. The maximum absolute atomic E-state index is 13.7. The Labute approximate surface area is 230 Å². The van der Waals surface area contributed by atoms with Gasteiger partial charge in [-0.2, -0.15) is 0 Å². The number of nitro groups is 1. The van der Waals surface area contributed by atoms with Gasteiger partial charge in [-0.25, -0.2) is 9.79 Å². The van der Waals surface area contributed by atoms with Crippen LogP contribution in [0.25, 0.3) is 6.08 Å². The molecule has 3 aromatic rings. The van der Waals surface area contributed by atoms with E-state index in [4.69, 9.17) is 4.74 Å². The number of thiazole rings is 1. The Kier molecular flexibility index (Phi) is 7.40. The minimum atomic E-state index is -1.02. The lowest BCUT2D eigenvalue weighted by Gasteiger charge is -2.24. The summed E-state index contributed by atoms with van der Waals surface area (Å²) in [5, 5.41) is 32.1. The summed E-state index contributed by atoms with van der Waals surface area (Å²) in [6, 6.07) is 4.95. The molecule has 2 heterocycles. The number of nitro benzene ring substituents is 1. The quantitative estimate of drug-likeness (QED) is 0.241. The van der Waals surface area contributed by atoms with Crippen molar-refractivity contribution in [1.82, 2.24) is 4.57 Å². The molecule has 13 heteroatoms. The second kappa shape index (κ2) is 10.2. The van der Waals surface area contributed by atoms with Gasteiger partial charge in [0.2, 0.25) is 0 Å². The first-order chi connectivity index (χ1) is 17.5. The summed E-state index contributed by atoms with van der Waals surface area (Å²) in [6.07, 6.45) is 1.44. The molecule has 0 spiro atoms. The minimum absolute atomic E-state index is 0.0474. The normalized spacial score (nSPS) is 15.4. The Morgan fingerprint density at radius 1 is 1.27 bits per heavy atom. The summed E-state index contributed by atoms with van der Waals surface area (Å²) in [7, 11) is 0. The van der Waals surface area contributed by atoms with Crippen molar-refractivity contribution in [2.75, 3.05) is 6.61 Å². The zero-order valence-corrected chi connectivity index (χ0v) is 23.6. The summed E-state index contributed by atoms with van der Waals surface area (Å²) < 4.78 is 7.06. The maximum Gasteiger partial charge on any atom is 0.338 e. The molecule has 0 unspecified atom stereocenters. The van der Waals surface area contributed by atoms with E-state index < -0.39 is 22.5 Å². The fourth-order valence-corrected chi connectivity index (χ4v) is 6.16. The number of nitrogens with zero attached hydrogens (tertiary/aromatic N) is 3. The van der Waals surface area contributed by atoms with Crippen molar-refractivity contribution in [3.63, 3.8) is 0 Å². The standard InChI is InChI=1S/C24H19Br2N3O7S/c1-4-36-23(33)17-11(3)27-24-28(19(17)12-6-5-10(2)15(8-12)29(34)35)22(32)16(37-24)9-13-7-14(25)21(31)18(26)20(13)30/h5-9,19,30-31H,4H2,1-3H3/b16-9+/t19-/m0/s1. The monoisotopic (exact) mass is 651 g/mol. The number of aromatic hydroxyl groups is 2. The zero-order chi connectivity index (χ0) is 27.2. The van der Waals surface area contributed by atoms with Crippen molar-refractivity contribution in [1.29, 1.82) is 0 Å². The first-order valence-corrected chi connectivity index (χ1v) is 13.2. The molecule has 2 N–H and O–H groups in total. The van der Waals surface area contributed by atoms with E-state index in [1.54, 1.807) is 32.9 Å². The van der Waals surface area contributed by atoms with E-state index in [0.717, 1.165) is 11.3 Å². The highest BCUT2D eigenvalue weighted by Gasteiger charge is 2.34. The van der Waals surface area contributed by atoms with E-state index in [0.29, 0.717) is 21.3 Å². The number of aryl methyl sites for hydroxylation is 1. The summed E-state index contributed by atoms with van der Waals surface area (Å²) >= 11 is 7.36. The number of carbonyl (C=O) groups excluding carboxylic acids is 1. The molecule has 0 bridgehead atoms. The lowest BCUT2D eigenvalue weighted by molar-refractivity contribution is -0.385. The van der Waals surface area contributed by atoms with Crippen LogP contribution in [0.15, 0.2) is 54.3 Å². The molecule has 0 aliphatic carbocycles. The fourth-order valence-electron chi connectivity index (χ4n) is 3.97. The Morgan fingerprint density at radius 2 is 1.97 bits per heavy atom. The number of phenols is 2. The van der Waals surface area contributed by atoms with Crippen LogP contribution in [-0.4, -0.2) is 32.3 Å². The number of rotatable bonds is 5. The molecule has 1 aromatic heterocycles. The second-order valence-corrected chi connectivity index (χ2v) is 10.7. The van der Waals surface area contributed by atoms with Crippen LogP contribution < -0.4 is 14.9 Å². The number of hydrogen-bond donors (Lipinski definition) is 2. The summed E-state index contributed by atoms with van der Waals surface area (Å²) in [5.74, 6) is -1.16. The number of benzene rings is 2. The van der Waals surface area contributed by atoms with Crippen molar-refractivity contribution in [3.8, 4) is 11.5 Å². The van der Waals surface area contributed by atoms with E-state index in [9.17, 15) is 29.9 Å². The van der Waals surface area contributed by atoms with Gasteiger partial charge < -0.3 is 14.9 Å². The van der Waals surface area contributed by atoms with E-state index in [1.807, 2.05) is 0 Å². The molecule has 192 valence electrons. The van der Waals surface area contributed by atoms with Gasteiger partial charge in [0, 0.05) is 17.2 Å². The van der Waals surface area contributed by atoms with Gasteiger partial charge in [0.15, 0.2) is 4.80 Å². The molecule has 0 saturated carbocycles. The summed E-state index contributed by atoms with van der Waals surface area (Å²) in [6.45, 7) is 4.94. The maximum atomic E-state index is 13.7. The van der Waals surface area contributed by atoms with Gasteiger partial charge in [0.1, 0.15) is 16.0 Å². The number of carbonyl (C=O) groups is 1. The minimum Gasteiger partial charge on any atom is -0.506 e. The SMILES string of the molecule is CCOC(=O)C1=C(C)N=c2s/c(=C/c3cc(Br)c(O)c(Br)c3O)c(=O)n2[C@H]1c1ccc(C)c([N+](=O)[O-])c1. The van der Waals surface area contributed by atoms with Crippen molar-refractivity contribution >= 4 is 60.9 Å². The predicted octanol–water partition coefficient (Wildman–Crippen LogP) is 3.95. The molecule has 0 fully saturated rings. The summed E-state index contributed by atoms with van der Waals surface area (Å²) in [4.78, 5) is 42.5. The topological polar surface area (TPSA) is 144 Å². The third-order valence-corrected chi connectivity index (χ3v) is 8.09. The highest BCUT2D eigenvalue weighted by molar-refractivity contribution is 9.11. The van der Waals surface area contributed by atoms with Crippen molar-refractivity contribution in [3.05, 3.63) is 91.0 Å². The van der Waals surface area contributed by atoms with Gasteiger partial charge in [0.25, 0.3) is 11.2 Å². The largest absolute Gasteiger partial charge is 0.506 e. The number of hydrogen-bond acceptors (Lipinski definition) is 9. The Hall–Kier alpha value is -3.29. The van der Waals surface area contributed by atoms with Gasteiger partial charge in [-0.05, 0) is 70.3 Å². The van der Waals surface area contributed by atoms with Crippen molar-refractivity contribution in [2.24, 2.45) is 4.99 Å². The van der Waals surface area contributed by atoms with E-state index in [2.05, 4.69) is 36.9 Å². The molecule has 2 aromatic carbocycles. The van der Waals surface area contributed by atoms with Crippen LogP contribution in [-0.2, 0) is 9.53 Å². The smallest absolute Gasteiger partial charge is 0.338 e. The molecule has 4 rings (SSSR count). The Balaban J connectivity index is 2.02. The van der Waals surface area contributed by atoms with E-state index in [1.165, 1.54) is 22.8 Å². The Bertz CT molecular complexity index is 1690. The highest BCUT2D eigenvalue weighted by Crippen LogP contribution is 2.41. The first-order valence-electron chi connectivity index (χ1n) is 10.8. The van der Waals surface area contributed by atoms with Gasteiger partial charge in [0.05, 0.1) is 37.8 Å². The van der Waals surface area contributed by atoms with Crippen LogP contribution in [0.2, 0.25) is 0 Å². The van der Waals surface area contributed by atoms with Crippen molar-refractivity contribution in [2.45, 2.75) is 26.8 Å². The lowest BCUT2D eigenvalue weighted by atomic mass is 9.94. The molecule has 1 aliphatic rings. The van der Waals surface area contributed by atoms with Gasteiger partial charge in [-0.1, -0.05) is 23.5 Å². The number of aromatic nitrogens is 1. The first kappa shape index (κ1) is 26.8. The van der Waals surface area contributed by atoms with Gasteiger partial charge >= 0.3 is 5.97 Å². The number of phenolic OH excluding ortho intramolecular Hbond substituents is 2. The molecule has 10 nitrogen and oxygen atoms in total. The molecular weight excluding hydrogens is 634 g/mol. The van der Waals surface area contributed by atoms with Crippen LogP contribution in [0.3, 0.4) is 0 Å². The molecular formula is C24H19Br2N3O7S. The summed E-state index contributed by atoms with van der Waals surface area (Å²) in [5.41, 5.74) is 0.756.